The lowest BCUT2D eigenvalue weighted by Gasteiger charge is -2.09. The van der Waals surface area contributed by atoms with E-state index in [9.17, 15) is 9.59 Å². The average molecular weight is 233 g/mol. The van der Waals surface area contributed by atoms with E-state index in [1.165, 1.54) is 14.2 Å². The Bertz CT molecular complexity index is 630. The number of hydrogen-bond donors (Lipinski definition) is 1. The van der Waals surface area contributed by atoms with Crippen LogP contribution in [0.2, 0.25) is 0 Å². The minimum atomic E-state index is -0.635. The van der Waals surface area contributed by atoms with Gasteiger partial charge in [-0.3, -0.25) is 4.79 Å². The molecule has 1 aromatic carbocycles. The van der Waals surface area contributed by atoms with Crippen molar-refractivity contribution in [2.45, 2.75) is 0 Å². The van der Waals surface area contributed by atoms with Gasteiger partial charge < -0.3 is 14.5 Å². The summed E-state index contributed by atoms with van der Waals surface area (Å²) in [5, 5.41) is 1.05. The Morgan fingerprint density at radius 3 is 2.41 bits per heavy atom. The third-order valence-corrected chi connectivity index (χ3v) is 2.48. The molecule has 1 heterocycles. The zero-order valence-electron chi connectivity index (χ0n) is 9.44. The SMILES string of the molecule is COC(=O)c1[nH]c(=O)c2ccccc2c1OC. The molecule has 17 heavy (non-hydrogen) atoms. The summed E-state index contributed by atoms with van der Waals surface area (Å²) in [5.41, 5.74) is -0.319. The summed E-state index contributed by atoms with van der Waals surface area (Å²) in [7, 11) is 2.68. The number of aromatic amines is 1. The van der Waals surface area contributed by atoms with Crippen molar-refractivity contribution in [1.82, 2.24) is 4.98 Å². The van der Waals surface area contributed by atoms with E-state index in [0.29, 0.717) is 16.5 Å². The number of ether oxygens (including phenoxy) is 2. The van der Waals surface area contributed by atoms with Crippen LogP contribution >= 0.6 is 0 Å². The predicted octanol–water partition coefficient (Wildman–Crippen LogP) is 1.32. The molecule has 0 saturated carbocycles. The van der Waals surface area contributed by atoms with Gasteiger partial charge in [0.2, 0.25) is 0 Å². The molecule has 0 aliphatic carbocycles. The minimum Gasteiger partial charge on any atom is -0.494 e. The fraction of sp³-hybridized carbons (Fsp3) is 0.167. The lowest BCUT2D eigenvalue weighted by Crippen LogP contribution is -2.16. The fourth-order valence-corrected chi connectivity index (χ4v) is 1.71. The van der Waals surface area contributed by atoms with E-state index in [1.807, 2.05) is 0 Å². The first-order valence-electron chi connectivity index (χ1n) is 4.96. The van der Waals surface area contributed by atoms with Crippen molar-refractivity contribution >= 4 is 16.7 Å². The van der Waals surface area contributed by atoms with Crippen LogP contribution < -0.4 is 10.3 Å². The van der Waals surface area contributed by atoms with E-state index < -0.39 is 5.97 Å². The van der Waals surface area contributed by atoms with Crippen LogP contribution in [0.1, 0.15) is 10.5 Å². The monoisotopic (exact) mass is 233 g/mol. The summed E-state index contributed by atoms with van der Waals surface area (Å²) >= 11 is 0. The first-order valence-corrected chi connectivity index (χ1v) is 4.96. The third kappa shape index (κ3) is 1.75. The van der Waals surface area contributed by atoms with Crippen LogP contribution in [0.25, 0.3) is 10.8 Å². The van der Waals surface area contributed by atoms with Crippen molar-refractivity contribution in [2.24, 2.45) is 0 Å². The Morgan fingerprint density at radius 1 is 1.18 bits per heavy atom. The van der Waals surface area contributed by atoms with E-state index in [1.54, 1.807) is 24.3 Å². The van der Waals surface area contributed by atoms with Crippen LogP contribution in [-0.4, -0.2) is 25.2 Å². The Morgan fingerprint density at radius 2 is 1.82 bits per heavy atom. The van der Waals surface area contributed by atoms with E-state index in [4.69, 9.17) is 4.74 Å². The largest absolute Gasteiger partial charge is 0.494 e. The number of aromatic nitrogens is 1. The van der Waals surface area contributed by atoms with Crippen LogP contribution in [0.3, 0.4) is 0 Å². The smallest absolute Gasteiger partial charge is 0.358 e. The first-order chi connectivity index (χ1) is 8.19. The van der Waals surface area contributed by atoms with E-state index in [0.717, 1.165) is 0 Å². The Balaban J connectivity index is 2.87. The summed E-state index contributed by atoms with van der Waals surface area (Å²) in [4.78, 5) is 25.8. The van der Waals surface area contributed by atoms with E-state index in [-0.39, 0.29) is 11.3 Å². The second-order valence-electron chi connectivity index (χ2n) is 3.40. The molecule has 0 aliphatic rings. The van der Waals surface area contributed by atoms with Gasteiger partial charge in [0.25, 0.3) is 5.56 Å². The van der Waals surface area contributed by atoms with Gasteiger partial charge in [0, 0.05) is 5.39 Å². The molecule has 0 aliphatic heterocycles. The second kappa shape index (κ2) is 4.29. The van der Waals surface area contributed by atoms with Gasteiger partial charge in [0.05, 0.1) is 19.6 Å². The number of benzene rings is 1. The van der Waals surface area contributed by atoms with Crippen LogP contribution in [0.4, 0.5) is 0 Å². The highest BCUT2D eigenvalue weighted by atomic mass is 16.5. The predicted molar refractivity (Wildman–Crippen MR) is 62.5 cm³/mol. The Kier molecular flexibility index (Phi) is 2.82. The van der Waals surface area contributed by atoms with Gasteiger partial charge in [0.15, 0.2) is 11.4 Å². The van der Waals surface area contributed by atoms with Gasteiger partial charge in [-0.15, -0.1) is 0 Å². The molecule has 0 fully saturated rings. The molecule has 1 N–H and O–H groups in total. The van der Waals surface area contributed by atoms with E-state index in [2.05, 4.69) is 9.72 Å². The molecular weight excluding hydrogens is 222 g/mol. The number of fused-ring (bicyclic) bond motifs is 1. The maximum absolute atomic E-state index is 11.8. The number of pyridine rings is 1. The highest BCUT2D eigenvalue weighted by Crippen LogP contribution is 2.25. The molecule has 0 atom stereocenters. The molecule has 5 heteroatoms. The van der Waals surface area contributed by atoms with Gasteiger partial charge >= 0.3 is 5.97 Å². The number of hydrogen-bond acceptors (Lipinski definition) is 4. The van der Waals surface area contributed by atoms with Gasteiger partial charge in [-0.05, 0) is 6.07 Å². The summed E-state index contributed by atoms with van der Waals surface area (Å²) < 4.78 is 9.76. The molecule has 88 valence electrons. The number of rotatable bonds is 2. The lowest BCUT2D eigenvalue weighted by molar-refractivity contribution is 0.0590. The summed E-state index contributed by atoms with van der Waals surface area (Å²) in [6, 6.07) is 6.90. The standard InChI is InChI=1S/C12H11NO4/c1-16-10-7-5-3-4-6-8(7)11(14)13-9(10)12(15)17-2/h3-6H,1-2H3,(H,13,14). The second-order valence-corrected chi connectivity index (χ2v) is 3.40. The molecular formula is C12H11NO4. The summed E-state index contributed by atoms with van der Waals surface area (Å²) in [6.45, 7) is 0. The molecule has 2 aromatic rings. The molecule has 5 nitrogen and oxygen atoms in total. The molecule has 1 aromatic heterocycles. The summed E-state index contributed by atoms with van der Waals surface area (Å²) in [5.74, 6) is -0.322. The van der Waals surface area contributed by atoms with Crippen molar-refractivity contribution in [3.8, 4) is 5.75 Å². The van der Waals surface area contributed by atoms with E-state index >= 15 is 0 Å². The van der Waals surface area contributed by atoms with Gasteiger partial charge in [-0.2, -0.15) is 0 Å². The zero-order valence-corrected chi connectivity index (χ0v) is 9.44. The van der Waals surface area contributed by atoms with Gasteiger partial charge in [-0.1, -0.05) is 18.2 Å². The number of methoxy groups -OCH3 is 2. The maximum atomic E-state index is 11.8. The maximum Gasteiger partial charge on any atom is 0.358 e. The van der Waals surface area contributed by atoms with Crippen molar-refractivity contribution in [1.29, 1.82) is 0 Å². The molecule has 0 bridgehead atoms. The van der Waals surface area contributed by atoms with Crippen molar-refractivity contribution < 1.29 is 14.3 Å². The van der Waals surface area contributed by atoms with Crippen molar-refractivity contribution in [3.05, 3.63) is 40.3 Å². The fourth-order valence-electron chi connectivity index (χ4n) is 1.71. The highest BCUT2D eigenvalue weighted by Gasteiger charge is 2.18. The Labute approximate surface area is 97.0 Å². The number of nitrogens with one attached hydrogen (secondary N) is 1. The lowest BCUT2D eigenvalue weighted by atomic mass is 10.1. The highest BCUT2D eigenvalue weighted by molar-refractivity contribution is 5.99. The number of carbonyl (C=O) groups excluding carboxylic acids is 1. The first kappa shape index (κ1) is 11.2. The normalized spacial score (nSPS) is 10.2. The number of carbonyl (C=O) groups is 1. The quantitative estimate of drug-likeness (QED) is 0.794. The van der Waals surface area contributed by atoms with Gasteiger partial charge in [-0.25, -0.2) is 4.79 Å². The van der Waals surface area contributed by atoms with Crippen LogP contribution in [0.5, 0.6) is 5.75 Å². The number of esters is 1. The number of H-pyrrole nitrogens is 1. The van der Waals surface area contributed by atoms with Gasteiger partial charge in [0.1, 0.15) is 0 Å². The topological polar surface area (TPSA) is 68.4 Å². The molecule has 0 amide bonds. The molecule has 0 saturated heterocycles. The van der Waals surface area contributed by atoms with Crippen LogP contribution in [-0.2, 0) is 4.74 Å². The zero-order chi connectivity index (χ0) is 12.4. The summed E-state index contributed by atoms with van der Waals surface area (Å²) in [6.07, 6.45) is 0. The van der Waals surface area contributed by atoms with Crippen molar-refractivity contribution in [3.63, 3.8) is 0 Å². The minimum absolute atomic E-state index is 0.0266. The van der Waals surface area contributed by atoms with Crippen LogP contribution in [0.15, 0.2) is 29.1 Å². The molecule has 0 unspecified atom stereocenters. The third-order valence-electron chi connectivity index (χ3n) is 2.48. The molecule has 0 spiro atoms. The average Bonchev–Trinajstić information content (AvgIpc) is 2.38. The van der Waals surface area contributed by atoms with Crippen molar-refractivity contribution in [2.75, 3.05) is 14.2 Å². The van der Waals surface area contributed by atoms with Crippen LogP contribution in [0, 0.1) is 0 Å². The molecule has 0 radical (unpaired) electrons. The molecule has 2 rings (SSSR count). The Hall–Kier alpha value is -2.30.